The Labute approximate surface area is 132 Å². The number of aromatic nitrogens is 1. The second-order valence-electron chi connectivity index (χ2n) is 4.79. The maximum Gasteiger partial charge on any atom is 0.337 e. The fourth-order valence-corrected chi connectivity index (χ4v) is 2.12. The number of allylic oxidation sites excluding steroid dienone is 1. The van der Waals surface area contributed by atoms with Crippen molar-refractivity contribution in [2.24, 2.45) is 0 Å². The molecule has 0 N–H and O–H groups in total. The van der Waals surface area contributed by atoms with E-state index in [0.717, 1.165) is 5.56 Å². The highest BCUT2D eigenvalue weighted by atomic mass is 16.6. The molecule has 0 saturated heterocycles. The normalized spacial score (nSPS) is 14.5. The molecule has 6 heteroatoms. The molecule has 0 spiro atoms. The number of nitrogens with zero attached hydrogens (tertiary/aromatic N) is 1. The molecule has 1 aliphatic heterocycles. The molecule has 0 amide bonds. The number of esters is 1. The minimum absolute atomic E-state index is 0.150. The van der Waals surface area contributed by atoms with Crippen molar-refractivity contribution in [2.75, 3.05) is 13.7 Å². The minimum Gasteiger partial charge on any atom is -0.452 e. The van der Waals surface area contributed by atoms with E-state index < -0.39 is 5.97 Å². The van der Waals surface area contributed by atoms with Gasteiger partial charge in [0, 0.05) is 25.6 Å². The third kappa shape index (κ3) is 3.27. The summed E-state index contributed by atoms with van der Waals surface area (Å²) in [6.07, 6.45) is 4.89. The highest BCUT2D eigenvalue weighted by Crippen LogP contribution is 2.34. The number of carbonyl (C=O) groups is 2. The van der Waals surface area contributed by atoms with E-state index in [1.807, 2.05) is 6.07 Å². The highest BCUT2D eigenvalue weighted by molar-refractivity contribution is 6.14. The molecule has 0 aliphatic carbocycles. The summed E-state index contributed by atoms with van der Waals surface area (Å²) in [6, 6.07) is 8.20. The summed E-state index contributed by atoms with van der Waals surface area (Å²) in [5.74, 6) is 0.101. The molecule has 1 aromatic heterocycles. The van der Waals surface area contributed by atoms with Crippen LogP contribution in [0.25, 0.3) is 6.08 Å². The number of carbonyl (C=O) groups excluding carboxylic acids is 2. The summed E-state index contributed by atoms with van der Waals surface area (Å²) in [7, 11) is 1.40. The van der Waals surface area contributed by atoms with Gasteiger partial charge in [-0.05, 0) is 29.8 Å². The molecule has 3 rings (SSSR count). The van der Waals surface area contributed by atoms with Gasteiger partial charge in [-0.15, -0.1) is 0 Å². The first-order chi connectivity index (χ1) is 11.2. The van der Waals surface area contributed by atoms with Crippen molar-refractivity contribution in [2.45, 2.75) is 0 Å². The van der Waals surface area contributed by atoms with Crippen molar-refractivity contribution in [3.63, 3.8) is 0 Å². The number of hydrogen-bond acceptors (Lipinski definition) is 6. The van der Waals surface area contributed by atoms with Crippen molar-refractivity contribution >= 4 is 17.8 Å². The zero-order valence-electron chi connectivity index (χ0n) is 12.3. The van der Waals surface area contributed by atoms with Crippen LogP contribution in [0.5, 0.6) is 11.5 Å². The Kier molecular flexibility index (Phi) is 4.16. The SMILES string of the molecule is COCC(=O)Oc1ccc2c(c1)O/C(=C\c1cccnc1)C2=O. The minimum atomic E-state index is -0.525. The summed E-state index contributed by atoms with van der Waals surface area (Å²) >= 11 is 0. The van der Waals surface area contributed by atoms with Gasteiger partial charge in [-0.1, -0.05) is 6.07 Å². The first kappa shape index (κ1) is 14.9. The van der Waals surface area contributed by atoms with Crippen LogP contribution < -0.4 is 9.47 Å². The van der Waals surface area contributed by atoms with Crippen molar-refractivity contribution in [1.29, 1.82) is 0 Å². The van der Waals surface area contributed by atoms with Gasteiger partial charge in [0.25, 0.3) is 0 Å². The predicted octanol–water partition coefficient (Wildman–Crippen LogP) is 2.25. The standard InChI is InChI=1S/C17H13NO5/c1-21-10-16(19)22-12-4-5-13-14(8-12)23-15(17(13)20)7-11-3-2-6-18-9-11/h2-9H,10H2,1H3/b15-7-. The number of benzene rings is 1. The Morgan fingerprint density at radius 1 is 1.35 bits per heavy atom. The third-order valence-corrected chi connectivity index (χ3v) is 3.12. The molecular formula is C17H13NO5. The molecule has 0 atom stereocenters. The van der Waals surface area contributed by atoms with Gasteiger partial charge in [-0.25, -0.2) is 4.79 Å². The largest absolute Gasteiger partial charge is 0.452 e. The van der Waals surface area contributed by atoms with Gasteiger partial charge in [-0.2, -0.15) is 0 Å². The number of hydrogen-bond donors (Lipinski definition) is 0. The summed E-state index contributed by atoms with van der Waals surface area (Å²) in [6.45, 7) is -0.150. The maximum atomic E-state index is 12.3. The van der Waals surface area contributed by atoms with Crippen LogP contribution in [-0.4, -0.2) is 30.5 Å². The van der Waals surface area contributed by atoms with E-state index in [1.165, 1.54) is 13.2 Å². The molecule has 0 bridgehead atoms. The number of fused-ring (bicyclic) bond motifs is 1. The summed E-state index contributed by atoms with van der Waals surface area (Å²) in [5.41, 5.74) is 1.18. The van der Waals surface area contributed by atoms with E-state index in [2.05, 4.69) is 4.98 Å². The van der Waals surface area contributed by atoms with E-state index in [-0.39, 0.29) is 18.1 Å². The highest BCUT2D eigenvalue weighted by Gasteiger charge is 2.28. The molecular weight excluding hydrogens is 298 g/mol. The topological polar surface area (TPSA) is 74.7 Å². The Morgan fingerprint density at radius 2 is 2.22 bits per heavy atom. The van der Waals surface area contributed by atoms with E-state index in [9.17, 15) is 9.59 Å². The average molecular weight is 311 g/mol. The van der Waals surface area contributed by atoms with Gasteiger partial charge in [0.15, 0.2) is 5.76 Å². The Bertz CT molecular complexity index is 783. The van der Waals surface area contributed by atoms with E-state index in [0.29, 0.717) is 17.1 Å². The van der Waals surface area contributed by atoms with Gasteiger partial charge in [0.05, 0.1) is 5.56 Å². The first-order valence-electron chi connectivity index (χ1n) is 6.85. The lowest BCUT2D eigenvalue weighted by Crippen LogP contribution is -2.14. The molecule has 2 aromatic rings. The number of ether oxygens (including phenoxy) is 3. The maximum absolute atomic E-state index is 12.3. The van der Waals surface area contributed by atoms with Crippen molar-refractivity contribution in [3.8, 4) is 11.5 Å². The average Bonchev–Trinajstić information content (AvgIpc) is 2.84. The van der Waals surface area contributed by atoms with Gasteiger partial charge >= 0.3 is 5.97 Å². The fourth-order valence-electron chi connectivity index (χ4n) is 2.12. The van der Waals surface area contributed by atoms with Crippen LogP contribution in [0.4, 0.5) is 0 Å². The number of pyridine rings is 1. The summed E-state index contributed by atoms with van der Waals surface area (Å²) < 4.78 is 15.3. The molecule has 0 radical (unpaired) electrons. The quantitative estimate of drug-likeness (QED) is 0.490. The van der Waals surface area contributed by atoms with Crippen LogP contribution in [0.2, 0.25) is 0 Å². The Balaban J connectivity index is 1.82. The zero-order chi connectivity index (χ0) is 16.2. The lowest BCUT2D eigenvalue weighted by molar-refractivity contribution is -0.138. The third-order valence-electron chi connectivity index (χ3n) is 3.12. The van der Waals surface area contributed by atoms with Crippen molar-refractivity contribution < 1.29 is 23.8 Å². The van der Waals surface area contributed by atoms with Crippen LogP contribution in [0, 0.1) is 0 Å². The van der Waals surface area contributed by atoms with E-state index in [4.69, 9.17) is 14.2 Å². The number of methoxy groups -OCH3 is 1. The number of Topliss-reactive ketones (excluding diaryl/α,β-unsaturated/α-hetero) is 1. The van der Waals surface area contributed by atoms with Crippen molar-refractivity contribution in [1.82, 2.24) is 4.98 Å². The zero-order valence-corrected chi connectivity index (χ0v) is 12.3. The van der Waals surface area contributed by atoms with Crippen molar-refractivity contribution in [3.05, 3.63) is 59.6 Å². The summed E-state index contributed by atoms with van der Waals surface area (Å²) in [4.78, 5) is 27.7. The molecule has 116 valence electrons. The molecule has 1 aromatic carbocycles. The second-order valence-corrected chi connectivity index (χ2v) is 4.79. The predicted molar refractivity (Wildman–Crippen MR) is 81.1 cm³/mol. The molecule has 0 unspecified atom stereocenters. The molecule has 0 fully saturated rings. The fraction of sp³-hybridized carbons (Fsp3) is 0.118. The first-order valence-corrected chi connectivity index (χ1v) is 6.85. The monoisotopic (exact) mass is 311 g/mol. The van der Waals surface area contributed by atoms with Gasteiger partial charge in [-0.3, -0.25) is 9.78 Å². The van der Waals surface area contributed by atoms with E-state index in [1.54, 1.807) is 36.7 Å². The smallest absolute Gasteiger partial charge is 0.337 e. The van der Waals surface area contributed by atoms with Crippen LogP contribution in [-0.2, 0) is 9.53 Å². The molecule has 1 aliphatic rings. The Hall–Kier alpha value is -2.99. The van der Waals surface area contributed by atoms with Gasteiger partial charge in [0.1, 0.15) is 18.1 Å². The van der Waals surface area contributed by atoms with Crippen LogP contribution in [0.1, 0.15) is 15.9 Å². The Morgan fingerprint density at radius 3 is 2.96 bits per heavy atom. The molecule has 6 nitrogen and oxygen atoms in total. The second kappa shape index (κ2) is 6.41. The van der Waals surface area contributed by atoms with Crippen LogP contribution in [0.15, 0.2) is 48.5 Å². The van der Waals surface area contributed by atoms with Crippen LogP contribution in [0.3, 0.4) is 0 Å². The molecule has 23 heavy (non-hydrogen) atoms. The molecule has 2 heterocycles. The lowest BCUT2D eigenvalue weighted by Gasteiger charge is -2.04. The number of ketones is 1. The van der Waals surface area contributed by atoms with Crippen LogP contribution >= 0.6 is 0 Å². The van der Waals surface area contributed by atoms with Gasteiger partial charge in [0.2, 0.25) is 5.78 Å². The van der Waals surface area contributed by atoms with E-state index >= 15 is 0 Å². The lowest BCUT2D eigenvalue weighted by atomic mass is 10.1. The van der Waals surface area contributed by atoms with Gasteiger partial charge < -0.3 is 14.2 Å². The summed E-state index contributed by atoms with van der Waals surface area (Å²) in [5, 5.41) is 0. The number of rotatable bonds is 4. The molecule has 0 saturated carbocycles.